The molecule has 1 aliphatic heterocycles. The normalized spacial score (nSPS) is 15.8. The zero-order chi connectivity index (χ0) is 18.4. The van der Waals surface area contributed by atoms with Crippen molar-refractivity contribution in [1.29, 1.82) is 0 Å². The number of hydrogen-bond acceptors (Lipinski definition) is 4. The lowest BCUT2D eigenvalue weighted by molar-refractivity contribution is -0.132. The van der Waals surface area contributed by atoms with E-state index in [1.165, 1.54) is 0 Å². The van der Waals surface area contributed by atoms with E-state index < -0.39 is 9.84 Å². The summed E-state index contributed by atoms with van der Waals surface area (Å²) in [6.45, 7) is 3.81. The number of piperidine rings is 1. The largest absolute Gasteiger partial charge is 0.352 e. The van der Waals surface area contributed by atoms with Gasteiger partial charge in [-0.3, -0.25) is 9.59 Å². The molecule has 0 atom stereocenters. The van der Waals surface area contributed by atoms with Crippen molar-refractivity contribution in [2.45, 2.75) is 26.2 Å². The number of nitrogens with one attached hydrogen (secondary N) is 1. The summed E-state index contributed by atoms with van der Waals surface area (Å²) in [5.41, 5.74) is 1.77. The Morgan fingerprint density at radius 2 is 1.76 bits per heavy atom. The Labute approximate surface area is 149 Å². The van der Waals surface area contributed by atoms with Gasteiger partial charge in [0.1, 0.15) is 9.84 Å². The quantitative estimate of drug-likeness (QED) is 0.825. The van der Waals surface area contributed by atoms with E-state index >= 15 is 0 Å². The standard InChI is InChI=1S/C18H26N2O4S/c1-14-3-5-16(6-4-14)18(22)19-13-15-7-10-20(11-8-15)17(21)9-12-25(2,23)24/h3-6,15H,7-13H2,1-2H3,(H,19,22). The SMILES string of the molecule is Cc1ccc(C(=O)NCC2CCN(C(=O)CCS(C)(=O)=O)CC2)cc1. The fraction of sp³-hybridized carbons (Fsp3) is 0.556. The first kappa shape index (κ1) is 19.4. The van der Waals surface area contributed by atoms with E-state index in [0.717, 1.165) is 24.7 Å². The molecule has 138 valence electrons. The smallest absolute Gasteiger partial charge is 0.251 e. The lowest BCUT2D eigenvalue weighted by Gasteiger charge is -2.32. The molecule has 1 heterocycles. The predicted octanol–water partition coefficient (Wildman–Crippen LogP) is 1.40. The lowest BCUT2D eigenvalue weighted by Crippen LogP contribution is -2.42. The summed E-state index contributed by atoms with van der Waals surface area (Å²) in [7, 11) is -3.11. The average Bonchev–Trinajstić information content (AvgIpc) is 2.58. The number of hydrogen-bond donors (Lipinski definition) is 1. The number of amides is 2. The van der Waals surface area contributed by atoms with Crippen LogP contribution >= 0.6 is 0 Å². The molecule has 0 spiro atoms. The van der Waals surface area contributed by atoms with Crippen LogP contribution in [0.1, 0.15) is 35.2 Å². The molecule has 2 amide bonds. The predicted molar refractivity (Wildman–Crippen MR) is 97.1 cm³/mol. The van der Waals surface area contributed by atoms with Crippen molar-refractivity contribution in [1.82, 2.24) is 10.2 Å². The fourth-order valence-corrected chi connectivity index (χ4v) is 3.41. The Balaban J connectivity index is 1.72. The van der Waals surface area contributed by atoms with E-state index in [1.807, 2.05) is 31.2 Å². The van der Waals surface area contributed by atoms with Crippen LogP contribution in [0.2, 0.25) is 0 Å². The molecule has 1 aliphatic rings. The molecule has 1 saturated heterocycles. The number of likely N-dealkylation sites (tertiary alicyclic amines) is 1. The molecule has 0 aromatic heterocycles. The lowest BCUT2D eigenvalue weighted by atomic mass is 9.96. The van der Waals surface area contributed by atoms with Gasteiger partial charge in [0, 0.05) is 37.9 Å². The second-order valence-electron chi connectivity index (χ2n) is 6.78. The molecule has 7 heteroatoms. The molecular weight excluding hydrogens is 340 g/mol. The van der Waals surface area contributed by atoms with Crippen LogP contribution in [0.15, 0.2) is 24.3 Å². The molecule has 0 radical (unpaired) electrons. The number of sulfone groups is 1. The third-order valence-electron chi connectivity index (χ3n) is 4.52. The Morgan fingerprint density at radius 3 is 2.32 bits per heavy atom. The van der Waals surface area contributed by atoms with Gasteiger partial charge in [-0.05, 0) is 37.8 Å². The Hall–Kier alpha value is -1.89. The maximum absolute atomic E-state index is 12.1. The summed E-state index contributed by atoms with van der Waals surface area (Å²) in [5, 5.41) is 2.96. The maximum Gasteiger partial charge on any atom is 0.251 e. The second kappa shape index (κ2) is 8.47. The van der Waals surface area contributed by atoms with Crippen molar-refractivity contribution in [2.24, 2.45) is 5.92 Å². The van der Waals surface area contributed by atoms with E-state index in [9.17, 15) is 18.0 Å². The van der Waals surface area contributed by atoms with Crippen LogP contribution in [0.25, 0.3) is 0 Å². The molecule has 1 N–H and O–H groups in total. The zero-order valence-electron chi connectivity index (χ0n) is 14.8. The molecule has 25 heavy (non-hydrogen) atoms. The van der Waals surface area contributed by atoms with Gasteiger partial charge in [0.05, 0.1) is 5.75 Å². The highest BCUT2D eigenvalue weighted by Crippen LogP contribution is 2.17. The number of benzene rings is 1. The molecule has 6 nitrogen and oxygen atoms in total. The molecule has 2 rings (SSSR count). The average molecular weight is 366 g/mol. The molecular formula is C18H26N2O4S. The maximum atomic E-state index is 12.1. The van der Waals surface area contributed by atoms with Crippen molar-refractivity contribution in [3.05, 3.63) is 35.4 Å². The van der Waals surface area contributed by atoms with E-state index in [4.69, 9.17) is 0 Å². The number of carbonyl (C=O) groups is 2. The third-order valence-corrected chi connectivity index (χ3v) is 5.46. The highest BCUT2D eigenvalue weighted by Gasteiger charge is 2.23. The van der Waals surface area contributed by atoms with E-state index in [-0.39, 0.29) is 24.0 Å². The van der Waals surface area contributed by atoms with Crippen molar-refractivity contribution in [3.63, 3.8) is 0 Å². The summed E-state index contributed by atoms with van der Waals surface area (Å²) in [4.78, 5) is 25.9. The summed E-state index contributed by atoms with van der Waals surface area (Å²) in [5.74, 6) is 0.0610. The van der Waals surface area contributed by atoms with E-state index in [1.54, 1.807) is 4.90 Å². The van der Waals surface area contributed by atoms with Crippen LogP contribution in [0, 0.1) is 12.8 Å². The minimum Gasteiger partial charge on any atom is -0.352 e. The topological polar surface area (TPSA) is 83.6 Å². The first-order chi connectivity index (χ1) is 11.7. The Morgan fingerprint density at radius 1 is 1.16 bits per heavy atom. The van der Waals surface area contributed by atoms with E-state index in [0.29, 0.717) is 31.1 Å². The minimum atomic E-state index is -3.11. The van der Waals surface area contributed by atoms with Gasteiger partial charge in [0.25, 0.3) is 5.91 Å². The van der Waals surface area contributed by atoms with Gasteiger partial charge in [-0.2, -0.15) is 0 Å². The molecule has 1 aromatic rings. The van der Waals surface area contributed by atoms with Crippen molar-refractivity contribution in [2.75, 3.05) is 31.6 Å². The first-order valence-electron chi connectivity index (χ1n) is 8.55. The molecule has 0 unspecified atom stereocenters. The van der Waals surface area contributed by atoms with Gasteiger partial charge in [-0.1, -0.05) is 17.7 Å². The number of aryl methyl sites for hydroxylation is 1. The summed E-state index contributed by atoms with van der Waals surface area (Å²) >= 11 is 0. The molecule has 0 bridgehead atoms. The zero-order valence-corrected chi connectivity index (χ0v) is 15.6. The summed E-state index contributed by atoms with van der Waals surface area (Å²) < 4.78 is 22.3. The molecule has 1 aromatic carbocycles. The molecule has 0 saturated carbocycles. The first-order valence-corrected chi connectivity index (χ1v) is 10.6. The number of nitrogens with zero attached hydrogens (tertiary/aromatic N) is 1. The van der Waals surface area contributed by atoms with Gasteiger partial charge in [0.2, 0.25) is 5.91 Å². The van der Waals surface area contributed by atoms with Crippen molar-refractivity contribution < 1.29 is 18.0 Å². The summed E-state index contributed by atoms with van der Waals surface area (Å²) in [6.07, 6.45) is 2.83. The second-order valence-corrected chi connectivity index (χ2v) is 9.04. The van der Waals surface area contributed by atoms with Gasteiger partial charge in [-0.15, -0.1) is 0 Å². The Bertz CT molecular complexity index is 705. The molecule has 1 fully saturated rings. The van der Waals surface area contributed by atoms with Gasteiger partial charge in [0.15, 0.2) is 0 Å². The van der Waals surface area contributed by atoms with Gasteiger partial charge < -0.3 is 10.2 Å². The van der Waals surface area contributed by atoms with Crippen LogP contribution < -0.4 is 5.32 Å². The van der Waals surface area contributed by atoms with Crippen LogP contribution in [-0.4, -0.2) is 56.8 Å². The van der Waals surface area contributed by atoms with Gasteiger partial charge >= 0.3 is 0 Å². The van der Waals surface area contributed by atoms with Crippen LogP contribution in [0.4, 0.5) is 0 Å². The Kier molecular flexibility index (Phi) is 6.58. The van der Waals surface area contributed by atoms with Crippen molar-refractivity contribution >= 4 is 21.7 Å². The molecule has 0 aliphatic carbocycles. The van der Waals surface area contributed by atoms with Crippen LogP contribution in [0.5, 0.6) is 0 Å². The van der Waals surface area contributed by atoms with Crippen molar-refractivity contribution in [3.8, 4) is 0 Å². The van der Waals surface area contributed by atoms with E-state index in [2.05, 4.69) is 5.32 Å². The monoisotopic (exact) mass is 366 g/mol. The van der Waals surface area contributed by atoms with Crippen LogP contribution in [-0.2, 0) is 14.6 Å². The highest BCUT2D eigenvalue weighted by molar-refractivity contribution is 7.90. The third kappa shape index (κ3) is 6.49. The van der Waals surface area contributed by atoms with Gasteiger partial charge in [-0.25, -0.2) is 8.42 Å². The highest BCUT2D eigenvalue weighted by atomic mass is 32.2. The number of carbonyl (C=O) groups excluding carboxylic acids is 2. The minimum absolute atomic E-state index is 0.0493. The van der Waals surface area contributed by atoms with Crippen LogP contribution in [0.3, 0.4) is 0 Å². The number of rotatable bonds is 6. The summed E-state index contributed by atoms with van der Waals surface area (Å²) in [6, 6.07) is 7.45. The fourth-order valence-electron chi connectivity index (χ4n) is 2.86.